The first-order valence-corrected chi connectivity index (χ1v) is 8.78. The Morgan fingerprint density at radius 3 is 2.67 bits per heavy atom. The van der Waals surface area contributed by atoms with E-state index < -0.39 is 0 Å². The first-order valence-electron chi connectivity index (χ1n) is 8.40. The maximum atomic E-state index is 6.17. The number of nitrogens with one attached hydrogen (secondary N) is 1. The van der Waals surface area contributed by atoms with Crippen LogP contribution in [0.4, 0.5) is 5.69 Å². The van der Waals surface area contributed by atoms with Crippen LogP contribution in [0.5, 0.6) is 0 Å². The second-order valence-corrected chi connectivity index (χ2v) is 6.45. The predicted octanol–water partition coefficient (Wildman–Crippen LogP) is 4.42. The fraction of sp³-hybridized carbons (Fsp3) is 0.350. The molecule has 2 rings (SSSR count). The van der Waals surface area contributed by atoms with Gasteiger partial charge in [-0.05, 0) is 74.7 Å². The third-order valence-electron chi connectivity index (χ3n) is 4.08. The number of amidine groups is 1. The summed E-state index contributed by atoms with van der Waals surface area (Å²) in [6.45, 7) is 3.08. The lowest BCUT2D eigenvalue weighted by atomic mass is 10.0. The van der Waals surface area contributed by atoms with Crippen LogP contribution in [0.1, 0.15) is 29.5 Å². The summed E-state index contributed by atoms with van der Waals surface area (Å²) in [6, 6.07) is 14.2. The Hall–Kier alpha value is -1.84. The maximum Gasteiger partial charge on any atom is 0.0999 e. The van der Waals surface area contributed by atoms with E-state index in [0.717, 1.165) is 42.9 Å². The number of aliphatic imine (C=N–C) groups is 1. The summed E-state index contributed by atoms with van der Waals surface area (Å²) < 4.78 is 0. The lowest BCUT2D eigenvalue weighted by Crippen LogP contribution is -2.13. The summed E-state index contributed by atoms with van der Waals surface area (Å²) in [6.07, 6.45) is 3.71. The minimum atomic E-state index is 0.672. The van der Waals surface area contributed by atoms with Crippen molar-refractivity contribution in [3.63, 3.8) is 0 Å². The van der Waals surface area contributed by atoms with Crippen LogP contribution < -0.4 is 11.1 Å². The fourth-order valence-corrected chi connectivity index (χ4v) is 2.93. The zero-order valence-electron chi connectivity index (χ0n) is 14.5. The second kappa shape index (κ2) is 9.45. The summed E-state index contributed by atoms with van der Waals surface area (Å²) >= 11 is 6.00. The van der Waals surface area contributed by atoms with Crippen molar-refractivity contribution < 1.29 is 0 Å². The molecule has 4 heteroatoms. The number of rotatable bonds is 8. The Labute approximate surface area is 149 Å². The average Bonchev–Trinajstić information content (AvgIpc) is 2.56. The highest BCUT2D eigenvalue weighted by atomic mass is 35.5. The van der Waals surface area contributed by atoms with E-state index in [-0.39, 0.29) is 0 Å². The van der Waals surface area contributed by atoms with Gasteiger partial charge in [-0.1, -0.05) is 35.9 Å². The minimum absolute atomic E-state index is 0.672. The van der Waals surface area contributed by atoms with Crippen LogP contribution in [-0.2, 0) is 12.8 Å². The van der Waals surface area contributed by atoms with E-state index in [1.165, 1.54) is 16.7 Å². The van der Waals surface area contributed by atoms with E-state index in [1.54, 1.807) is 0 Å². The number of benzene rings is 2. The SMILES string of the molecule is CNCCCc1ccccc1N=C(N)CCc1ccc(Cl)cc1C. The van der Waals surface area contributed by atoms with Gasteiger partial charge in [-0.15, -0.1) is 0 Å². The summed E-state index contributed by atoms with van der Waals surface area (Å²) in [4.78, 5) is 4.65. The lowest BCUT2D eigenvalue weighted by molar-refractivity contribution is 0.725. The van der Waals surface area contributed by atoms with Gasteiger partial charge in [0.25, 0.3) is 0 Å². The number of para-hydroxylation sites is 1. The molecule has 2 aromatic carbocycles. The van der Waals surface area contributed by atoms with Crippen molar-refractivity contribution in [3.8, 4) is 0 Å². The van der Waals surface area contributed by atoms with Crippen molar-refractivity contribution >= 4 is 23.1 Å². The highest BCUT2D eigenvalue weighted by molar-refractivity contribution is 6.30. The summed E-state index contributed by atoms with van der Waals surface area (Å²) in [5.74, 6) is 0.672. The van der Waals surface area contributed by atoms with Gasteiger partial charge in [0.05, 0.1) is 11.5 Å². The molecule has 0 saturated carbocycles. The maximum absolute atomic E-state index is 6.17. The summed E-state index contributed by atoms with van der Waals surface area (Å²) in [5.41, 5.74) is 10.9. The van der Waals surface area contributed by atoms with Gasteiger partial charge in [-0.25, -0.2) is 4.99 Å². The molecule has 0 bridgehead atoms. The van der Waals surface area contributed by atoms with Gasteiger partial charge in [-0.3, -0.25) is 0 Å². The third kappa shape index (κ3) is 5.66. The molecular weight excluding hydrogens is 318 g/mol. The molecule has 0 spiro atoms. The van der Waals surface area contributed by atoms with E-state index >= 15 is 0 Å². The second-order valence-electron chi connectivity index (χ2n) is 6.01. The zero-order valence-corrected chi connectivity index (χ0v) is 15.2. The standard InChI is InChI=1S/C20H26ClN3/c1-15-14-18(21)11-9-16(15)10-12-20(22)24-19-8-4-3-6-17(19)7-5-13-23-2/h3-4,6,8-9,11,14,23H,5,7,10,12-13H2,1-2H3,(H2,22,24). The Kier molecular flexibility index (Phi) is 7.29. The Morgan fingerprint density at radius 2 is 1.92 bits per heavy atom. The molecule has 0 aliphatic carbocycles. The molecule has 3 N–H and O–H groups in total. The Morgan fingerprint density at radius 1 is 1.12 bits per heavy atom. The van der Waals surface area contributed by atoms with Crippen molar-refractivity contribution in [1.29, 1.82) is 0 Å². The number of nitrogens with zero attached hydrogens (tertiary/aromatic N) is 1. The molecule has 0 saturated heterocycles. The molecule has 0 fully saturated rings. The first kappa shape index (κ1) is 18.5. The van der Waals surface area contributed by atoms with Gasteiger partial charge in [0.1, 0.15) is 0 Å². The highest BCUT2D eigenvalue weighted by Crippen LogP contribution is 2.21. The Bertz CT molecular complexity index is 695. The lowest BCUT2D eigenvalue weighted by Gasteiger charge is -2.08. The van der Waals surface area contributed by atoms with Gasteiger partial charge in [-0.2, -0.15) is 0 Å². The normalized spacial score (nSPS) is 11.7. The molecule has 0 unspecified atom stereocenters. The molecule has 3 nitrogen and oxygen atoms in total. The van der Waals surface area contributed by atoms with Gasteiger partial charge in [0.2, 0.25) is 0 Å². The molecule has 0 heterocycles. The Balaban J connectivity index is 2.02. The van der Waals surface area contributed by atoms with Crippen LogP contribution in [0.3, 0.4) is 0 Å². The van der Waals surface area contributed by atoms with Crippen LogP contribution in [-0.4, -0.2) is 19.4 Å². The number of nitrogens with two attached hydrogens (primary N) is 1. The number of hydrogen-bond donors (Lipinski definition) is 2. The van der Waals surface area contributed by atoms with Crippen LogP contribution >= 0.6 is 11.6 Å². The molecule has 0 aromatic heterocycles. The van der Waals surface area contributed by atoms with E-state index in [4.69, 9.17) is 17.3 Å². The molecule has 0 radical (unpaired) electrons. The average molecular weight is 344 g/mol. The molecular formula is C20H26ClN3. The molecule has 0 aliphatic heterocycles. The van der Waals surface area contributed by atoms with Gasteiger partial charge < -0.3 is 11.1 Å². The van der Waals surface area contributed by atoms with Crippen LogP contribution in [0.2, 0.25) is 5.02 Å². The number of halogens is 1. The molecule has 0 atom stereocenters. The van der Waals surface area contributed by atoms with Crippen LogP contribution in [0.25, 0.3) is 0 Å². The first-order chi connectivity index (χ1) is 11.6. The predicted molar refractivity (Wildman–Crippen MR) is 104 cm³/mol. The monoisotopic (exact) mass is 343 g/mol. The van der Waals surface area contributed by atoms with Gasteiger partial charge in [0, 0.05) is 11.4 Å². The quantitative estimate of drug-likeness (QED) is 0.423. The number of hydrogen-bond acceptors (Lipinski definition) is 2. The fourth-order valence-electron chi connectivity index (χ4n) is 2.70. The van der Waals surface area contributed by atoms with Gasteiger partial charge in [0.15, 0.2) is 0 Å². The molecule has 0 aliphatic rings. The van der Waals surface area contributed by atoms with E-state index in [1.807, 2.05) is 31.3 Å². The van der Waals surface area contributed by atoms with Crippen molar-refractivity contribution in [2.24, 2.45) is 10.7 Å². The number of aryl methyl sites for hydroxylation is 3. The minimum Gasteiger partial charge on any atom is -0.387 e. The van der Waals surface area contributed by atoms with Crippen molar-refractivity contribution in [2.45, 2.75) is 32.6 Å². The zero-order chi connectivity index (χ0) is 17.4. The summed E-state index contributed by atoms with van der Waals surface area (Å²) in [7, 11) is 1.97. The van der Waals surface area contributed by atoms with Crippen molar-refractivity contribution in [3.05, 3.63) is 64.2 Å². The van der Waals surface area contributed by atoms with E-state index in [0.29, 0.717) is 5.84 Å². The van der Waals surface area contributed by atoms with Crippen LogP contribution in [0.15, 0.2) is 47.5 Å². The highest BCUT2D eigenvalue weighted by Gasteiger charge is 2.04. The molecule has 24 heavy (non-hydrogen) atoms. The third-order valence-corrected chi connectivity index (χ3v) is 4.32. The van der Waals surface area contributed by atoms with E-state index in [2.05, 4.69) is 35.4 Å². The molecule has 128 valence electrons. The topological polar surface area (TPSA) is 50.4 Å². The van der Waals surface area contributed by atoms with Crippen molar-refractivity contribution in [2.75, 3.05) is 13.6 Å². The smallest absolute Gasteiger partial charge is 0.0999 e. The van der Waals surface area contributed by atoms with Gasteiger partial charge >= 0.3 is 0 Å². The molecule has 0 amide bonds. The van der Waals surface area contributed by atoms with E-state index in [9.17, 15) is 0 Å². The largest absolute Gasteiger partial charge is 0.387 e. The summed E-state index contributed by atoms with van der Waals surface area (Å²) in [5, 5.41) is 3.95. The van der Waals surface area contributed by atoms with Crippen molar-refractivity contribution in [1.82, 2.24) is 5.32 Å². The molecule has 2 aromatic rings. The van der Waals surface area contributed by atoms with Crippen LogP contribution in [0, 0.1) is 6.92 Å².